The van der Waals surface area contributed by atoms with Gasteiger partial charge in [-0.15, -0.1) is 0 Å². The van der Waals surface area contributed by atoms with E-state index in [1.165, 1.54) is 18.2 Å². The van der Waals surface area contributed by atoms with Crippen molar-refractivity contribution >= 4 is 17.5 Å². The van der Waals surface area contributed by atoms with Crippen molar-refractivity contribution in [2.24, 2.45) is 5.73 Å². The molecule has 0 saturated carbocycles. The predicted molar refractivity (Wildman–Crippen MR) is 44.3 cm³/mol. The summed E-state index contributed by atoms with van der Waals surface area (Å²) in [7, 11) is 0. The van der Waals surface area contributed by atoms with Crippen molar-refractivity contribution in [2.45, 2.75) is 6.42 Å². The maximum absolute atomic E-state index is 12.6. The van der Waals surface area contributed by atoms with Crippen LogP contribution in [0.5, 0.6) is 0 Å². The molecule has 0 aliphatic heterocycles. The van der Waals surface area contributed by atoms with Gasteiger partial charge in [-0.05, 0) is 17.7 Å². The maximum atomic E-state index is 12.6. The van der Waals surface area contributed by atoms with Gasteiger partial charge in [0, 0.05) is 0 Å². The molecule has 0 fully saturated rings. The lowest BCUT2D eigenvalue weighted by Gasteiger charge is -1.98. The van der Waals surface area contributed by atoms with E-state index in [2.05, 4.69) is 0 Å². The van der Waals surface area contributed by atoms with Crippen LogP contribution in [0, 0.1) is 5.82 Å². The molecular formula is C8H7ClFNO. The van der Waals surface area contributed by atoms with Crippen molar-refractivity contribution in [1.82, 2.24) is 0 Å². The van der Waals surface area contributed by atoms with Gasteiger partial charge in [0.15, 0.2) is 0 Å². The van der Waals surface area contributed by atoms with E-state index in [-0.39, 0.29) is 11.4 Å². The average molecular weight is 188 g/mol. The molecule has 0 atom stereocenters. The molecule has 0 heterocycles. The Morgan fingerprint density at radius 3 is 2.75 bits per heavy atom. The summed E-state index contributed by atoms with van der Waals surface area (Å²) in [5, 5.41) is 0.00810. The van der Waals surface area contributed by atoms with Crippen molar-refractivity contribution < 1.29 is 9.18 Å². The summed E-state index contributed by atoms with van der Waals surface area (Å²) in [5.74, 6) is -0.956. The molecule has 4 heteroatoms. The zero-order chi connectivity index (χ0) is 9.14. The number of hydrogen-bond donors (Lipinski definition) is 1. The molecule has 0 radical (unpaired) electrons. The standard InChI is InChI=1S/C8H7ClFNO/c9-6-3-5(4-8(11)12)1-2-7(6)10/h1-3H,4H2,(H2,11,12). The molecule has 12 heavy (non-hydrogen) atoms. The summed E-state index contributed by atoms with van der Waals surface area (Å²) >= 11 is 5.47. The number of hydrogen-bond acceptors (Lipinski definition) is 1. The Labute approximate surface area is 74.1 Å². The smallest absolute Gasteiger partial charge is 0.221 e. The van der Waals surface area contributed by atoms with Crippen LogP contribution in [0.1, 0.15) is 5.56 Å². The number of rotatable bonds is 2. The molecule has 64 valence electrons. The first-order valence-electron chi connectivity index (χ1n) is 3.32. The number of carbonyl (C=O) groups excluding carboxylic acids is 1. The van der Waals surface area contributed by atoms with E-state index in [4.69, 9.17) is 17.3 Å². The predicted octanol–water partition coefficient (Wildman–Crippen LogP) is 1.51. The summed E-state index contributed by atoms with van der Waals surface area (Å²) in [6.07, 6.45) is 0.0833. The highest BCUT2D eigenvalue weighted by Gasteiger charge is 2.02. The Hall–Kier alpha value is -1.09. The van der Waals surface area contributed by atoms with E-state index in [9.17, 15) is 9.18 Å². The fourth-order valence-electron chi connectivity index (χ4n) is 0.851. The van der Waals surface area contributed by atoms with E-state index in [1.807, 2.05) is 0 Å². The van der Waals surface area contributed by atoms with Gasteiger partial charge in [0.05, 0.1) is 11.4 Å². The molecular weight excluding hydrogens is 181 g/mol. The number of carbonyl (C=O) groups is 1. The molecule has 0 unspecified atom stereocenters. The van der Waals surface area contributed by atoms with Crippen LogP contribution in [-0.2, 0) is 11.2 Å². The summed E-state index contributed by atoms with van der Waals surface area (Å²) < 4.78 is 12.6. The lowest BCUT2D eigenvalue weighted by molar-refractivity contribution is -0.117. The molecule has 1 amide bonds. The minimum atomic E-state index is -0.495. The summed E-state index contributed by atoms with van der Waals surface area (Å²) in [5.41, 5.74) is 5.56. The third-order valence-corrected chi connectivity index (χ3v) is 1.65. The number of amides is 1. The third-order valence-electron chi connectivity index (χ3n) is 1.36. The Kier molecular flexibility index (Phi) is 2.65. The first-order valence-corrected chi connectivity index (χ1v) is 3.69. The molecule has 0 aromatic heterocycles. The second kappa shape index (κ2) is 3.54. The first-order chi connectivity index (χ1) is 5.59. The fraction of sp³-hybridized carbons (Fsp3) is 0.125. The second-order valence-corrected chi connectivity index (χ2v) is 2.80. The third kappa shape index (κ3) is 2.20. The second-order valence-electron chi connectivity index (χ2n) is 2.39. The summed E-state index contributed by atoms with van der Waals surface area (Å²) in [6, 6.07) is 4.08. The van der Waals surface area contributed by atoms with E-state index >= 15 is 0 Å². The van der Waals surface area contributed by atoms with Crippen molar-refractivity contribution in [3.63, 3.8) is 0 Å². The molecule has 0 aliphatic carbocycles. The number of benzene rings is 1. The molecule has 2 N–H and O–H groups in total. The van der Waals surface area contributed by atoms with Crippen molar-refractivity contribution in [2.75, 3.05) is 0 Å². The van der Waals surface area contributed by atoms with E-state index in [0.717, 1.165) is 0 Å². The van der Waals surface area contributed by atoms with Crippen LogP contribution in [-0.4, -0.2) is 5.91 Å². The van der Waals surface area contributed by atoms with Crippen molar-refractivity contribution in [3.8, 4) is 0 Å². The monoisotopic (exact) mass is 187 g/mol. The van der Waals surface area contributed by atoms with Crippen molar-refractivity contribution in [1.29, 1.82) is 0 Å². The van der Waals surface area contributed by atoms with Crippen LogP contribution in [0.4, 0.5) is 4.39 Å². The topological polar surface area (TPSA) is 43.1 Å². The molecule has 0 spiro atoms. The van der Waals surface area contributed by atoms with Crippen LogP contribution in [0.3, 0.4) is 0 Å². The number of primary amides is 1. The molecule has 1 aromatic rings. The van der Waals surface area contributed by atoms with Gasteiger partial charge in [-0.3, -0.25) is 4.79 Å². The van der Waals surface area contributed by atoms with E-state index < -0.39 is 11.7 Å². The summed E-state index contributed by atoms with van der Waals surface area (Å²) in [4.78, 5) is 10.5. The fourth-order valence-corrected chi connectivity index (χ4v) is 1.05. The van der Waals surface area contributed by atoms with Gasteiger partial charge in [0.1, 0.15) is 5.82 Å². The Balaban J connectivity index is 2.89. The van der Waals surface area contributed by atoms with Gasteiger partial charge in [-0.1, -0.05) is 17.7 Å². The Bertz CT molecular complexity index is 314. The van der Waals surface area contributed by atoms with Gasteiger partial charge in [-0.25, -0.2) is 4.39 Å². The van der Waals surface area contributed by atoms with Crippen LogP contribution in [0.25, 0.3) is 0 Å². The Morgan fingerprint density at radius 1 is 1.58 bits per heavy atom. The number of nitrogens with two attached hydrogens (primary N) is 1. The highest BCUT2D eigenvalue weighted by molar-refractivity contribution is 6.30. The first kappa shape index (κ1) is 9.00. The Morgan fingerprint density at radius 2 is 2.25 bits per heavy atom. The SMILES string of the molecule is NC(=O)Cc1ccc(F)c(Cl)c1. The van der Waals surface area contributed by atoms with Gasteiger partial charge >= 0.3 is 0 Å². The van der Waals surface area contributed by atoms with Crippen LogP contribution >= 0.6 is 11.6 Å². The molecule has 0 bridgehead atoms. The lowest BCUT2D eigenvalue weighted by atomic mass is 10.1. The van der Waals surface area contributed by atoms with Gasteiger partial charge in [0.25, 0.3) is 0 Å². The minimum Gasteiger partial charge on any atom is -0.369 e. The van der Waals surface area contributed by atoms with Crippen LogP contribution in [0.15, 0.2) is 18.2 Å². The quantitative estimate of drug-likeness (QED) is 0.749. The van der Waals surface area contributed by atoms with Crippen LogP contribution < -0.4 is 5.73 Å². The lowest BCUT2D eigenvalue weighted by Crippen LogP contribution is -2.13. The highest BCUT2D eigenvalue weighted by Crippen LogP contribution is 2.15. The van der Waals surface area contributed by atoms with Gasteiger partial charge in [0.2, 0.25) is 5.91 Å². The maximum Gasteiger partial charge on any atom is 0.221 e. The normalized spacial score (nSPS) is 9.83. The summed E-state index contributed by atoms with van der Waals surface area (Å²) in [6.45, 7) is 0. The van der Waals surface area contributed by atoms with Crippen molar-refractivity contribution in [3.05, 3.63) is 34.6 Å². The largest absolute Gasteiger partial charge is 0.369 e. The molecule has 0 saturated heterocycles. The number of halogens is 2. The van der Waals surface area contributed by atoms with E-state index in [1.54, 1.807) is 0 Å². The molecule has 1 aromatic carbocycles. The zero-order valence-electron chi connectivity index (χ0n) is 6.18. The van der Waals surface area contributed by atoms with Crippen LogP contribution in [0.2, 0.25) is 5.02 Å². The molecule has 2 nitrogen and oxygen atoms in total. The zero-order valence-corrected chi connectivity index (χ0v) is 6.94. The molecule has 1 rings (SSSR count). The van der Waals surface area contributed by atoms with E-state index in [0.29, 0.717) is 5.56 Å². The van der Waals surface area contributed by atoms with Gasteiger partial charge in [-0.2, -0.15) is 0 Å². The molecule has 0 aliphatic rings. The minimum absolute atomic E-state index is 0.00810. The highest BCUT2D eigenvalue weighted by atomic mass is 35.5. The van der Waals surface area contributed by atoms with Gasteiger partial charge < -0.3 is 5.73 Å². The average Bonchev–Trinajstić information content (AvgIpc) is 1.96.